The Kier molecular flexibility index (Phi) is 7.35. The number of ether oxygens (including phenoxy) is 2. The van der Waals surface area contributed by atoms with E-state index in [1.165, 1.54) is 11.8 Å². The highest BCUT2D eigenvalue weighted by atomic mass is 32.2. The van der Waals surface area contributed by atoms with Gasteiger partial charge in [0.15, 0.2) is 5.16 Å². The molecule has 2 rings (SSSR count). The summed E-state index contributed by atoms with van der Waals surface area (Å²) in [6, 6.07) is 1.78. The molecule has 1 aliphatic heterocycles. The largest absolute Gasteiger partial charge is 0.478 e. The molecule has 0 bridgehead atoms. The molecule has 1 amide bonds. The summed E-state index contributed by atoms with van der Waals surface area (Å²) in [5.74, 6) is 1.13. The van der Waals surface area contributed by atoms with E-state index < -0.39 is 5.60 Å². The van der Waals surface area contributed by atoms with Crippen LogP contribution in [0.3, 0.4) is 0 Å². The average molecular weight is 368 g/mol. The van der Waals surface area contributed by atoms with Gasteiger partial charge in [0.2, 0.25) is 5.88 Å². The van der Waals surface area contributed by atoms with Gasteiger partial charge in [-0.15, -0.1) is 0 Å². The summed E-state index contributed by atoms with van der Waals surface area (Å²) in [6.45, 7) is 7.91. The fraction of sp³-hybridized carbons (Fsp3) is 0.722. The van der Waals surface area contributed by atoms with Crippen molar-refractivity contribution in [2.45, 2.75) is 57.2 Å². The second kappa shape index (κ2) is 9.27. The van der Waals surface area contributed by atoms with Crippen LogP contribution in [0.1, 0.15) is 46.5 Å². The van der Waals surface area contributed by atoms with Gasteiger partial charge in [0.1, 0.15) is 5.60 Å². The van der Waals surface area contributed by atoms with Crippen molar-refractivity contribution in [1.29, 1.82) is 0 Å². The van der Waals surface area contributed by atoms with E-state index in [0.29, 0.717) is 18.4 Å². The maximum absolute atomic E-state index is 12.2. The zero-order valence-electron chi connectivity index (χ0n) is 15.7. The Morgan fingerprint density at radius 3 is 2.96 bits per heavy atom. The summed E-state index contributed by atoms with van der Waals surface area (Å²) in [5.41, 5.74) is -0.439. The first-order valence-corrected chi connectivity index (χ1v) is 10.1. The van der Waals surface area contributed by atoms with Crippen LogP contribution in [0.25, 0.3) is 0 Å². The van der Waals surface area contributed by atoms with E-state index in [-0.39, 0.29) is 6.09 Å². The van der Waals surface area contributed by atoms with Crippen LogP contribution in [0.5, 0.6) is 5.88 Å². The summed E-state index contributed by atoms with van der Waals surface area (Å²) in [4.78, 5) is 22.5. The second-order valence-corrected chi connectivity index (χ2v) is 8.08. The minimum absolute atomic E-state index is 0.195. The minimum Gasteiger partial charge on any atom is -0.478 e. The van der Waals surface area contributed by atoms with Gasteiger partial charge >= 0.3 is 6.09 Å². The summed E-state index contributed by atoms with van der Waals surface area (Å²) in [7, 11) is 0. The minimum atomic E-state index is -0.439. The molecule has 1 aliphatic rings. The van der Waals surface area contributed by atoms with E-state index in [1.54, 1.807) is 12.3 Å². The number of piperidine rings is 1. The Morgan fingerprint density at radius 1 is 1.44 bits per heavy atom. The lowest BCUT2D eigenvalue weighted by molar-refractivity contribution is 0.0159. The number of carbonyl (C=O) groups is 1. The molecule has 1 unspecified atom stereocenters. The summed E-state index contributed by atoms with van der Waals surface area (Å²) < 4.78 is 11.2. The molecule has 140 valence electrons. The van der Waals surface area contributed by atoms with Crippen molar-refractivity contribution in [3.8, 4) is 5.88 Å². The van der Waals surface area contributed by atoms with Gasteiger partial charge in [-0.25, -0.2) is 9.78 Å². The van der Waals surface area contributed by atoms with Crippen molar-refractivity contribution in [1.82, 2.24) is 14.9 Å². The van der Waals surface area contributed by atoms with Gasteiger partial charge in [-0.2, -0.15) is 4.98 Å². The van der Waals surface area contributed by atoms with Gasteiger partial charge < -0.3 is 14.4 Å². The molecule has 0 aliphatic carbocycles. The molecule has 0 radical (unpaired) electrons. The van der Waals surface area contributed by atoms with Crippen molar-refractivity contribution >= 4 is 17.9 Å². The zero-order chi connectivity index (χ0) is 18.3. The molecule has 2 heterocycles. The molecule has 1 fully saturated rings. The fourth-order valence-corrected chi connectivity index (χ4v) is 3.19. The monoisotopic (exact) mass is 367 g/mol. The third-order valence-electron chi connectivity index (χ3n) is 3.97. The lowest BCUT2D eigenvalue weighted by Gasteiger charge is -2.34. The zero-order valence-corrected chi connectivity index (χ0v) is 16.5. The van der Waals surface area contributed by atoms with Crippen molar-refractivity contribution in [2.24, 2.45) is 5.92 Å². The number of rotatable bonds is 6. The topological polar surface area (TPSA) is 64.5 Å². The van der Waals surface area contributed by atoms with E-state index in [4.69, 9.17) is 9.47 Å². The Morgan fingerprint density at radius 2 is 2.24 bits per heavy atom. The molecule has 0 spiro atoms. The van der Waals surface area contributed by atoms with Gasteiger partial charge in [0.25, 0.3) is 0 Å². The SMILES string of the molecule is CSc1nccc(OCCCC2CCCN(C(=O)OC(C)(C)C)C2)n1. The summed E-state index contributed by atoms with van der Waals surface area (Å²) in [5, 5.41) is 0.720. The van der Waals surface area contributed by atoms with Crippen LogP contribution < -0.4 is 4.74 Å². The Labute approximate surface area is 154 Å². The quantitative estimate of drug-likeness (QED) is 0.430. The number of likely N-dealkylation sites (tertiary alicyclic amines) is 1. The van der Waals surface area contributed by atoms with E-state index in [1.807, 2.05) is 31.9 Å². The molecular formula is C18H29N3O3S. The number of thioether (sulfide) groups is 1. The van der Waals surface area contributed by atoms with Crippen LogP contribution in [0.2, 0.25) is 0 Å². The highest BCUT2D eigenvalue weighted by molar-refractivity contribution is 7.98. The van der Waals surface area contributed by atoms with Crippen molar-refractivity contribution in [3.05, 3.63) is 12.3 Å². The molecule has 6 nitrogen and oxygen atoms in total. The number of amides is 1. The van der Waals surface area contributed by atoms with Crippen molar-refractivity contribution < 1.29 is 14.3 Å². The molecule has 1 atom stereocenters. The van der Waals surface area contributed by atoms with Crippen LogP contribution in [0.4, 0.5) is 4.79 Å². The number of hydrogen-bond acceptors (Lipinski definition) is 6. The second-order valence-electron chi connectivity index (χ2n) is 7.31. The van der Waals surface area contributed by atoms with Gasteiger partial charge in [-0.3, -0.25) is 0 Å². The number of hydrogen-bond donors (Lipinski definition) is 0. The predicted molar refractivity (Wildman–Crippen MR) is 99.1 cm³/mol. The normalized spacial score (nSPS) is 18.1. The Bertz CT molecular complexity index is 563. The van der Waals surface area contributed by atoms with E-state index >= 15 is 0 Å². The maximum atomic E-state index is 12.2. The van der Waals surface area contributed by atoms with Gasteiger partial charge in [0, 0.05) is 25.4 Å². The Hall–Kier alpha value is -1.50. The van der Waals surface area contributed by atoms with Crippen molar-refractivity contribution in [3.63, 3.8) is 0 Å². The number of nitrogens with zero attached hydrogens (tertiary/aromatic N) is 3. The van der Waals surface area contributed by atoms with Gasteiger partial charge in [-0.1, -0.05) is 11.8 Å². The average Bonchev–Trinajstić information content (AvgIpc) is 2.58. The molecular weight excluding hydrogens is 338 g/mol. The highest BCUT2D eigenvalue weighted by Gasteiger charge is 2.27. The molecule has 1 saturated heterocycles. The van der Waals surface area contributed by atoms with Crippen molar-refractivity contribution in [2.75, 3.05) is 26.0 Å². The molecule has 1 aromatic heterocycles. The van der Waals surface area contributed by atoms with Crippen LogP contribution in [0, 0.1) is 5.92 Å². The third kappa shape index (κ3) is 7.10. The maximum Gasteiger partial charge on any atom is 0.410 e. The first-order valence-electron chi connectivity index (χ1n) is 8.85. The molecule has 0 N–H and O–H groups in total. The predicted octanol–water partition coefficient (Wildman–Crippen LogP) is 4.00. The summed E-state index contributed by atoms with van der Waals surface area (Å²) in [6.07, 6.45) is 7.65. The first kappa shape index (κ1) is 19.8. The van der Waals surface area contributed by atoms with E-state index in [0.717, 1.165) is 43.9 Å². The lowest BCUT2D eigenvalue weighted by Crippen LogP contribution is -2.42. The van der Waals surface area contributed by atoms with E-state index in [2.05, 4.69) is 9.97 Å². The smallest absolute Gasteiger partial charge is 0.410 e. The molecule has 25 heavy (non-hydrogen) atoms. The first-order chi connectivity index (χ1) is 11.9. The molecule has 0 aromatic carbocycles. The van der Waals surface area contributed by atoms with Crippen LogP contribution in [-0.4, -0.2) is 52.5 Å². The molecule has 0 saturated carbocycles. The lowest BCUT2D eigenvalue weighted by atomic mass is 9.94. The van der Waals surface area contributed by atoms with Crippen LogP contribution in [0.15, 0.2) is 17.4 Å². The standard InChI is InChI=1S/C18H29N3O3S/c1-18(2,3)24-17(22)21-11-5-7-14(13-21)8-6-12-23-15-9-10-19-16(20-15)25-4/h9-10,14H,5-8,11-13H2,1-4H3. The number of carbonyl (C=O) groups excluding carboxylic acids is 1. The van der Waals surface area contributed by atoms with Gasteiger partial charge in [0.05, 0.1) is 6.61 Å². The molecule has 7 heteroatoms. The van der Waals surface area contributed by atoms with Crippen LogP contribution in [-0.2, 0) is 4.74 Å². The van der Waals surface area contributed by atoms with Crippen LogP contribution >= 0.6 is 11.8 Å². The van der Waals surface area contributed by atoms with Gasteiger partial charge in [-0.05, 0) is 58.6 Å². The third-order valence-corrected chi connectivity index (χ3v) is 4.53. The molecule has 1 aromatic rings. The number of aromatic nitrogens is 2. The Balaban J connectivity index is 1.71. The fourth-order valence-electron chi connectivity index (χ4n) is 2.85. The summed E-state index contributed by atoms with van der Waals surface area (Å²) >= 11 is 1.50. The van der Waals surface area contributed by atoms with E-state index in [9.17, 15) is 4.79 Å². The highest BCUT2D eigenvalue weighted by Crippen LogP contribution is 2.23.